The molecule has 0 spiro atoms. The van der Waals surface area contributed by atoms with Crippen LogP contribution in [0.25, 0.3) is 21.9 Å². The Hall–Kier alpha value is 4.39. The predicted octanol–water partition coefficient (Wildman–Crippen LogP) is -30.8. The predicted molar refractivity (Wildman–Crippen MR) is 197 cm³/mol. The number of benzene rings is 2. The summed E-state index contributed by atoms with van der Waals surface area (Å²) in [6, 6.07) is 4.57. The number of hydrogen-bond donors (Lipinski definition) is 0. The van der Waals surface area contributed by atoms with Gasteiger partial charge in [-0.05, 0) is 24.3 Å². The van der Waals surface area contributed by atoms with Gasteiger partial charge in [0.05, 0.1) is 24.0 Å². The summed E-state index contributed by atoms with van der Waals surface area (Å²) in [5, 5.41) is -0.867. The van der Waals surface area contributed by atoms with Gasteiger partial charge in [-0.2, -0.15) is 0 Å². The monoisotopic (exact) mass is 1370 g/mol. The number of ether oxygens (including phenoxy) is 4. The van der Waals surface area contributed by atoms with Gasteiger partial charge in [0.1, 0.15) is 59.3 Å². The van der Waals surface area contributed by atoms with Gasteiger partial charge in [0.25, 0.3) is 0 Å². The Bertz CT molecular complexity index is 3290. The van der Waals surface area contributed by atoms with Crippen molar-refractivity contribution in [1.82, 2.24) is 0 Å². The molecule has 0 saturated carbocycles. The first kappa shape index (κ1) is 89.8. The second-order valence-corrected chi connectivity index (χ2v) is 21.4. The van der Waals surface area contributed by atoms with Crippen LogP contribution in [0.3, 0.4) is 0 Å². The van der Waals surface area contributed by atoms with Crippen LogP contribution in [0, 0.1) is 0 Å². The molecular weight excluding hydrogens is 1350 g/mol. The summed E-state index contributed by atoms with van der Waals surface area (Å²) in [6.45, 7) is -3.57. The zero-order valence-corrected chi connectivity index (χ0v) is 63.5. The fourth-order valence-electron chi connectivity index (χ4n) is 6.22. The van der Waals surface area contributed by atoms with Crippen molar-refractivity contribution in [3.63, 3.8) is 0 Å². The normalized spacial score (nSPS) is 23.9. The number of fused-ring (bicyclic) bond motifs is 2. The number of hydrogen-bond acceptors (Lipinski definition) is 38. The van der Waals surface area contributed by atoms with Gasteiger partial charge >= 0.3 is 236 Å². The second kappa shape index (κ2) is 35.3. The molecule has 3 aromatic rings. The van der Waals surface area contributed by atoms with Gasteiger partial charge in [0.15, 0.2) is 12.2 Å². The van der Waals surface area contributed by atoms with Crippen LogP contribution in [0.5, 0.6) is 11.5 Å². The molecule has 79 heavy (non-hydrogen) atoms. The molecule has 54 heteroatoms. The largest absolute Gasteiger partial charge is 1.00 e. The maximum absolute atomic E-state index is 13.6. The molecule has 0 aliphatic carbocycles. The SMILES string of the molecule is O=c1c2ccc(O[C@H]3O[C@@H](COS(=O)(=O)[O-])[C@H](OS(=O)(=O)[O-])[C@@H](OS(=O)(=O)[O-])[C@@H]3OS(=O)(=O)[O-])cc2oc2cc(O[C@@H]3O[C@H](COS(=O)(=O)[O-])[C@@H](OS(=O)(=O)[O-])[C@H](OS(=O)(=O)[O-])[C@H]3OS(=O)(=O)[O-])ccc12.[Na+].[Na+].[Na+].[Na+].[Na+].[Na+].[Na+].[Na+]. The van der Waals surface area contributed by atoms with E-state index in [0.29, 0.717) is 12.1 Å². The van der Waals surface area contributed by atoms with Crippen molar-refractivity contribution in [3.8, 4) is 11.5 Å². The minimum atomic E-state index is -6.24. The average molecular weight is 1370 g/mol. The van der Waals surface area contributed by atoms with Gasteiger partial charge in [-0.3, -0.25) is 38.3 Å². The topological polar surface area (TPSA) is 599 Å². The van der Waals surface area contributed by atoms with Crippen LogP contribution in [-0.4, -0.2) is 178 Å². The van der Waals surface area contributed by atoms with Gasteiger partial charge in [0.2, 0.25) is 101 Å². The maximum atomic E-state index is 13.6. The third-order valence-electron chi connectivity index (χ3n) is 8.43. The Balaban J connectivity index is -0.00000352. The van der Waals surface area contributed by atoms with Crippen LogP contribution in [0.4, 0.5) is 0 Å². The summed E-state index contributed by atoms with van der Waals surface area (Å²) in [4.78, 5) is 13.6. The summed E-state index contributed by atoms with van der Waals surface area (Å²) < 4.78 is 336. The smallest absolute Gasteiger partial charge is 0.726 e. The first-order valence-corrected chi connectivity index (χ1v) is 27.9. The Morgan fingerprint density at radius 2 is 0.620 bits per heavy atom. The molecule has 0 unspecified atom stereocenters. The van der Waals surface area contributed by atoms with Crippen LogP contribution < -0.4 is 251 Å². The molecule has 5 rings (SSSR count). The Kier molecular flexibility index (Phi) is 40.1. The minimum absolute atomic E-state index is 0. The second-order valence-electron chi connectivity index (χ2n) is 13.3. The molecule has 404 valence electrons. The van der Waals surface area contributed by atoms with E-state index in [2.05, 4.69) is 33.5 Å². The van der Waals surface area contributed by atoms with E-state index in [4.69, 9.17) is 23.4 Å². The molecule has 2 aliphatic heterocycles. The first-order valence-electron chi connectivity index (χ1n) is 17.2. The Morgan fingerprint density at radius 3 is 0.873 bits per heavy atom. The van der Waals surface area contributed by atoms with Gasteiger partial charge in [-0.25, -0.2) is 67.3 Å². The first-order chi connectivity index (χ1) is 32.0. The standard InChI is InChI=1S/C25H28O38S8.8Na/c26-17-11-3-1-9(53-24-22(62-70(45,46)47)20(60-68(39,40)41)18(58-66(33,34)35)15(56-24)7-51-64(27,28)29)5-13(11)55-14-6-10(2-4-12(14)17)54-25-23(63-71(48,49)50)21(61-69(42,43)44)19(59-67(36,37)38)16(57-25)8-52-65(30,31)32;;;;;;;;/h1-6,15-16,18-25H,7-8H2,(H,27,28,29)(H,30,31,32)(H,33,34,35)(H,36,37,38)(H,39,40,41)(H,42,43,44)(H,45,46,47)(H,48,49,50);;;;;;;;/q;8*+1/p-8/t15-,16+,18-,19+,20+,21-,22-,23+,24-,25+;;;;;;;;. The third-order valence-corrected chi connectivity index (χ3v) is 12.0. The molecule has 0 bridgehead atoms. The van der Waals surface area contributed by atoms with Crippen molar-refractivity contribution in [2.45, 2.75) is 61.4 Å². The van der Waals surface area contributed by atoms with Gasteiger partial charge < -0.3 is 59.8 Å². The van der Waals surface area contributed by atoms with Crippen molar-refractivity contribution < 1.29 is 397 Å². The summed E-state index contributed by atoms with van der Waals surface area (Å²) in [5.41, 5.74) is -2.33. The van der Waals surface area contributed by atoms with Crippen molar-refractivity contribution in [3.05, 3.63) is 46.6 Å². The van der Waals surface area contributed by atoms with E-state index in [9.17, 15) is 109 Å². The van der Waals surface area contributed by atoms with E-state index >= 15 is 0 Å². The molecule has 10 atom stereocenters. The molecule has 0 radical (unpaired) electrons. The van der Waals surface area contributed by atoms with Crippen molar-refractivity contribution in [2.75, 3.05) is 13.2 Å². The molecule has 0 N–H and O–H groups in total. The van der Waals surface area contributed by atoms with Crippen LogP contribution in [0.15, 0.2) is 45.6 Å². The molecule has 0 amide bonds. The van der Waals surface area contributed by atoms with E-state index in [0.717, 1.165) is 24.3 Å². The quantitative estimate of drug-likeness (QED) is 0.0390. The average Bonchev–Trinajstić information content (AvgIpc) is 3.14. The van der Waals surface area contributed by atoms with E-state index in [1.54, 1.807) is 0 Å². The fourth-order valence-corrected chi connectivity index (χ4v) is 9.76. The third kappa shape index (κ3) is 30.4. The number of rotatable bonds is 22. The van der Waals surface area contributed by atoms with Crippen molar-refractivity contribution in [1.29, 1.82) is 0 Å². The van der Waals surface area contributed by atoms with E-state index in [1.165, 1.54) is 0 Å². The summed E-state index contributed by atoms with van der Waals surface area (Å²) >= 11 is 0. The van der Waals surface area contributed by atoms with Crippen molar-refractivity contribution >= 4 is 105 Å². The summed E-state index contributed by atoms with van der Waals surface area (Å²) in [6.07, 6.45) is -29.4. The van der Waals surface area contributed by atoms with E-state index < -0.39 is 197 Å². The molecule has 3 heterocycles. The van der Waals surface area contributed by atoms with Gasteiger partial charge in [-0.1, -0.05) is 0 Å². The molecule has 38 nitrogen and oxygen atoms in total. The van der Waals surface area contributed by atoms with E-state index in [-0.39, 0.29) is 236 Å². The molecule has 2 fully saturated rings. The van der Waals surface area contributed by atoms with Crippen LogP contribution in [0.1, 0.15) is 0 Å². The fraction of sp³-hybridized carbons (Fsp3) is 0.480. The van der Waals surface area contributed by atoms with Gasteiger partial charge in [-0.15, -0.1) is 0 Å². The molecule has 2 aliphatic rings. The minimum Gasteiger partial charge on any atom is -0.726 e. The van der Waals surface area contributed by atoms with Crippen molar-refractivity contribution in [2.24, 2.45) is 0 Å². The maximum Gasteiger partial charge on any atom is 1.00 e. The summed E-state index contributed by atoms with van der Waals surface area (Å²) in [7, 11) is -48.8. The summed E-state index contributed by atoms with van der Waals surface area (Å²) in [5.74, 6) is -1.58. The van der Waals surface area contributed by atoms with Crippen LogP contribution in [-0.2, 0) is 126 Å². The molecule has 2 aromatic carbocycles. The zero-order valence-electron chi connectivity index (χ0n) is 40.9. The van der Waals surface area contributed by atoms with E-state index in [1.807, 2.05) is 0 Å². The zero-order chi connectivity index (χ0) is 53.7. The van der Waals surface area contributed by atoms with Crippen LogP contribution >= 0.6 is 0 Å². The van der Waals surface area contributed by atoms with Gasteiger partial charge in [0, 0.05) is 12.1 Å². The Labute approximate surface area is 623 Å². The van der Waals surface area contributed by atoms with Crippen LogP contribution in [0.2, 0.25) is 0 Å². The molecular formula is C25H20Na8O38S8. The molecule has 2 saturated heterocycles. The molecule has 1 aromatic heterocycles. The Morgan fingerprint density at radius 1 is 0.367 bits per heavy atom.